The smallest absolute Gasteiger partial charge is 0.115 e. The van der Waals surface area contributed by atoms with E-state index in [1.54, 1.807) is 20.3 Å². The van der Waals surface area contributed by atoms with E-state index >= 15 is 0 Å². The molecule has 0 spiro atoms. The summed E-state index contributed by atoms with van der Waals surface area (Å²) in [6.45, 7) is 0. The molecule has 1 rings (SSSR count). The molecule has 4 nitrogen and oxygen atoms in total. The van der Waals surface area contributed by atoms with Crippen molar-refractivity contribution >= 4 is 0 Å². The number of nitrogens with one attached hydrogen (secondary N) is 1. The Morgan fingerprint density at radius 3 is 2.91 bits per heavy atom. The summed E-state index contributed by atoms with van der Waals surface area (Å²) in [5.74, 6) is 2.55. The summed E-state index contributed by atoms with van der Waals surface area (Å²) in [6.07, 6.45) is 6.89. The molecule has 1 atom stereocenters. The van der Waals surface area contributed by atoms with E-state index in [0.29, 0.717) is 0 Å². The van der Waals surface area contributed by atoms with Crippen molar-refractivity contribution in [3.8, 4) is 12.3 Å². The summed E-state index contributed by atoms with van der Waals surface area (Å²) in [6, 6.07) is -0.135. The fourth-order valence-electron chi connectivity index (χ4n) is 0.810. The summed E-state index contributed by atoms with van der Waals surface area (Å²) >= 11 is 0. The van der Waals surface area contributed by atoms with E-state index < -0.39 is 0 Å². The molecule has 0 fully saturated rings. The predicted molar refractivity (Wildman–Crippen MR) is 41.6 cm³/mol. The van der Waals surface area contributed by atoms with Crippen LogP contribution < -0.4 is 5.32 Å². The number of aromatic nitrogens is 3. The highest BCUT2D eigenvalue weighted by Gasteiger charge is 2.07. The lowest BCUT2D eigenvalue weighted by atomic mass is 10.2. The number of rotatable bonds is 2. The molecule has 0 aliphatic heterocycles. The zero-order valence-electron chi connectivity index (χ0n) is 6.57. The molecule has 0 amide bonds. The maximum absolute atomic E-state index is 5.24. The van der Waals surface area contributed by atoms with Crippen molar-refractivity contribution in [2.75, 3.05) is 7.05 Å². The highest BCUT2D eigenvalue weighted by atomic mass is 15.4. The minimum atomic E-state index is -0.135. The number of terminal acetylenes is 1. The van der Waals surface area contributed by atoms with Gasteiger partial charge in [0, 0.05) is 7.05 Å². The van der Waals surface area contributed by atoms with Gasteiger partial charge in [-0.05, 0) is 7.05 Å². The van der Waals surface area contributed by atoms with E-state index in [0.717, 1.165) is 5.69 Å². The van der Waals surface area contributed by atoms with Crippen LogP contribution in [0.4, 0.5) is 0 Å². The van der Waals surface area contributed by atoms with Gasteiger partial charge in [-0.2, -0.15) is 15.0 Å². The van der Waals surface area contributed by atoms with Crippen molar-refractivity contribution in [3.63, 3.8) is 0 Å². The lowest BCUT2D eigenvalue weighted by molar-refractivity contribution is 0.625. The van der Waals surface area contributed by atoms with Crippen LogP contribution in [0.5, 0.6) is 0 Å². The molecule has 0 radical (unpaired) electrons. The Balaban J connectivity index is 2.84. The van der Waals surface area contributed by atoms with Crippen molar-refractivity contribution in [3.05, 3.63) is 11.9 Å². The third kappa shape index (κ3) is 1.57. The number of aryl methyl sites for hydroxylation is 1. The Kier molecular flexibility index (Phi) is 2.24. The Hall–Kier alpha value is -1.34. The monoisotopic (exact) mass is 150 g/mol. The van der Waals surface area contributed by atoms with Gasteiger partial charge in [-0.1, -0.05) is 5.92 Å². The lowest BCUT2D eigenvalue weighted by Crippen LogP contribution is -2.14. The molecular formula is C7H10N4. The largest absolute Gasteiger partial charge is 0.302 e. The summed E-state index contributed by atoms with van der Waals surface area (Å²) in [5, 5.41) is 10.9. The molecule has 0 aliphatic carbocycles. The van der Waals surface area contributed by atoms with Crippen LogP contribution in [0.1, 0.15) is 11.7 Å². The molecule has 0 saturated heterocycles. The van der Waals surface area contributed by atoms with E-state index in [4.69, 9.17) is 6.42 Å². The van der Waals surface area contributed by atoms with E-state index in [1.807, 2.05) is 0 Å². The first-order valence-corrected chi connectivity index (χ1v) is 3.27. The minimum absolute atomic E-state index is 0.135. The van der Waals surface area contributed by atoms with Crippen LogP contribution in [0, 0.1) is 12.3 Å². The van der Waals surface area contributed by atoms with Crippen molar-refractivity contribution in [1.29, 1.82) is 0 Å². The molecule has 1 unspecified atom stereocenters. The predicted octanol–water partition coefficient (Wildman–Crippen LogP) is -0.291. The maximum atomic E-state index is 5.24. The first kappa shape index (κ1) is 7.76. The molecule has 0 aromatic carbocycles. The average molecular weight is 150 g/mol. The maximum Gasteiger partial charge on any atom is 0.115 e. The zero-order valence-corrected chi connectivity index (χ0v) is 6.57. The van der Waals surface area contributed by atoms with Crippen LogP contribution in [0.15, 0.2) is 6.20 Å². The van der Waals surface area contributed by atoms with Crippen molar-refractivity contribution in [2.24, 2.45) is 7.05 Å². The molecule has 11 heavy (non-hydrogen) atoms. The van der Waals surface area contributed by atoms with Crippen molar-refractivity contribution in [2.45, 2.75) is 6.04 Å². The van der Waals surface area contributed by atoms with Crippen LogP contribution >= 0.6 is 0 Å². The van der Waals surface area contributed by atoms with Gasteiger partial charge in [-0.3, -0.25) is 0 Å². The van der Waals surface area contributed by atoms with E-state index in [-0.39, 0.29) is 6.04 Å². The molecule has 0 aliphatic rings. The molecule has 58 valence electrons. The topological polar surface area (TPSA) is 42.7 Å². The molecule has 4 heteroatoms. The lowest BCUT2D eigenvalue weighted by Gasteiger charge is -2.02. The molecule has 0 bridgehead atoms. The molecular weight excluding hydrogens is 140 g/mol. The van der Waals surface area contributed by atoms with Crippen LogP contribution in [0.3, 0.4) is 0 Å². The molecule has 0 saturated carbocycles. The standard InChI is InChI=1S/C7H10N4/c1-4-6(8-2)7-5-9-11(3)10-7/h1,5-6,8H,2-3H3. The minimum Gasteiger partial charge on any atom is -0.302 e. The van der Waals surface area contributed by atoms with Gasteiger partial charge in [-0.25, -0.2) is 0 Å². The number of hydrogen-bond acceptors (Lipinski definition) is 3. The number of hydrogen-bond donors (Lipinski definition) is 1. The van der Waals surface area contributed by atoms with Gasteiger partial charge in [0.25, 0.3) is 0 Å². The van der Waals surface area contributed by atoms with E-state index in [9.17, 15) is 0 Å². The van der Waals surface area contributed by atoms with Gasteiger partial charge in [-0.15, -0.1) is 6.42 Å². The van der Waals surface area contributed by atoms with Gasteiger partial charge in [0.1, 0.15) is 11.7 Å². The second-order valence-corrected chi connectivity index (χ2v) is 2.15. The zero-order chi connectivity index (χ0) is 8.27. The highest BCUT2D eigenvalue weighted by Crippen LogP contribution is 2.04. The summed E-state index contributed by atoms with van der Waals surface area (Å²) in [7, 11) is 3.55. The fraction of sp³-hybridized carbons (Fsp3) is 0.429. The van der Waals surface area contributed by atoms with Crippen LogP contribution in [-0.4, -0.2) is 22.0 Å². The molecule has 1 heterocycles. The Morgan fingerprint density at radius 2 is 2.55 bits per heavy atom. The molecule has 1 aromatic rings. The van der Waals surface area contributed by atoms with Gasteiger partial charge in [0.2, 0.25) is 0 Å². The van der Waals surface area contributed by atoms with Gasteiger partial charge >= 0.3 is 0 Å². The highest BCUT2D eigenvalue weighted by molar-refractivity contribution is 5.13. The Labute approximate surface area is 65.6 Å². The first-order chi connectivity index (χ1) is 5.27. The van der Waals surface area contributed by atoms with Gasteiger partial charge < -0.3 is 5.32 Å². The van der Waals surface area contributed by atoms with Crippen LogP contribution in [0.2, 0.25) is 0 Å². The summed E-state index contributed by atoms with van der Waals surface area (Å²) < 4.78 is 0. The van der Waals surface area contributed by atoms with E-state index in [1.165, 1.54) is 4.80 Å². The third-order valence-electron chi connectivity index (χ3n) is 1.37. The third-order valence-corrected chi connectivity index (χ3v) is 1.37. The number of nitrogens with zero attached hydrogens (tertiary/aromatic N) is 3. The van der Waals surface area contributed by atoms with Crippen LogP contribution in [0.25, 0.3) is 0 Å². The summed E-state index contributed by atoms with van der Waals surface area (Å²) in [4.78, 5) is 1.48. The second kappa shape index (κ2) is 3.17. The quantitative estimate of drug-likeness (QED) is 0.589. The summed E-state index contributed by atoms with van der Waals surface area (Å²) in [5.41, 5.74) is 0.775. The first-order valence-electron chi connectivity index (χ1n) is 3.27. The van der Waals surface area contributed by atoms with Gasteiger partial charge in [0.05, 0.1) is 6.20 Å². The Bertz CT molecular complexity index is 270. The van der Waals surface area contributed by atoms with E-state index in [2.05, 4.69) is 21.4 Å². The normalized spacial score (nSPS) is 12.5. The van der Waals surface area contributed by atoms with Crippen LogP contribution in [-0.2, 0) is 7.05 Å². The van der Waals surface area contributed by atoms with Crippen molar-refractivity contribution < 1.29 is 0 Å². The Morgan fingerprint density at radius 1 is 1.82 bits per heavy atom. The van der Waals surface area contributed by atoms with Gasteiger partial charge in [0.15, 0.2) is 0 Å². The fourth-order valence-corrected chi connectivity index (χ4v) is 0.810. The van der Waals surface area contributed by atoms with Crippen molar-refractivity contribution in [1.82, 2.24) is 20.3 Å². The molecule has 1 aromatic heterocycles. The average Bonchev–Trinajstić information content (AvgIpc) is 2.39. The SMILES string of the molecule is C#CC(NC)c1cnn(C)n1. The second-order valence-electron chi connectivity index (χ2n) is 2.15. The molecule has 1 N–H and O–H groups in total.